The van der Waals surface area contributed by atoms with Crippen molar-refractivity contribution in [3.8, 4) is 0 Å². The maximum atomic E-state index is 12.2. The third kappa shape index (κ3) is 2.54. The van der Waals surface area contributed by atoms with Gasteiger partial charge in [0.15, 0.2) is 5.78 Å². The summed E-state index contributed by atoms with van der Waals surface area (Å²) in [4.78, 5) is 37.9. The largest absolute Gasteiger partial charge is 0.299 e. The molecule has 0 fully saturated rings. The van der Waals surface area contributed by atoms with Crippen LogP contribution in [0.4, 0.5) is 5.69 Å². The summed E-state index contributed by atoms with van der Waals surface area (Å²) in [5.41, 5.74) is 0.672. The predicted octanol–water partition coefficient (Wildman–Crippen LogP) is 3.58. The molecule has 3 rings (SSSR count). The fraction of sp³-hybridized carbons (Fsp3) is 0.0714. The van der Waals surface area contributed by atoms with Crippen molar-refractivity contribution in [1.29, 1.82) is 0 Å². The zero-order valence-electron chi connectivity index (χ0n) is 10.4. The summed E-state index contributed by atoms with van der Waals surface area (Å²) in [6.45, 7) is -0.161. The van der Waals surface area contributed by atoms with Gasteiger partial charge in [-0.3, -0.25) is 19.3 Å². The number of carbonyl (C=O) groups is 3. The van der Waals surface area contributed by atoms with Gasteiger partial charge in [0.1, 0.15) is 0 Å². The highest BCUT2D eigenvalue weighted by molar-refractivity contribution is 9.11. The van der Waals surface area contributed by atoms with Crippen LogP contribution in [0.25, 0.3) is 0 Å². The van der Waals surface area contributed by atoms with Crippen LogP contribution in [0.5, 0.6) is 0 Å². The Morgan fingerprint density at radius 1 is 1.24 bits per heavy atom. The number of benzene rings is 1. The first-order valence-electron chi connectivity index (χ1n) is 5.91. The Balaban J connectivity index is 1.92. The van der Waals surface area contributed by atoms with Gasteiger partial charge >= 0.3 is 0 Å². The molecule has 1 aliphatic heterocycles. The SMILES string of the molecule is O=C(CN1C(=O)C(=O)c2cc(Cl)ccc21)c1ccc(Br)s1. The van der Waals surface area contributed by atoms with E-state index in [1.165, 1.54) is 22.3 Å². The van der Waals surface area contributed by atoms with Crippen molar-refractivity contribution in [3.63, 3.8) is 0 Å². The van der Waals surface area contributed by atoms with E-state index in [0.717, 1.165) is 3.79 Å². The highest BCUT2D eigenvalue weighted by Gasteiger charge is 2.37. The van der Waals surface area contributed by atoms with Gasteiger partial charge in [-0.2, -0.15) is 0 Å². The first-order chi connectivity index (χ1) is 9.97. The molecule has 0 bridgehead atoms. The predicted molar refractivity (Wildman–Crippen MR) is 84.5 cm³/mol. The Labute approximate surface area is 137 Å². The number of amides is 1. The first-order valence-corrected chi connectivity index (χ1v) is 7.90. The summed E-state index contributed by atoms with van der Waals surface area (Å²) in [5, 5.41) is 0.380. The lowest BCUT2D eigenvalue weighted by Crippen LogP contribution is -2.34. The molecule has 1 aromatic heterocycles. The lowest BCUT2D eigenvalue weighted by atomic mass is 10.1. The van der Waals surface area contributed by atoms with E-state index in [1.54, 1.807) is 24.3 Å². The smallest absolute Gasteiger partial charge is 0.297 e. The lowest BCUT2D eigenvalue weighted by Gasteiger charge is -2.14. The van der Waals surface area contributed by atoms with E-state index in [1.807, 2.05) is 0 Å². The van der Waals surface area contributed by atoms with Crippen molar-refractivity contribution in [3.05, 3.63) is 49.6 Å². The van der Waals surface area contributed by atoms with Gasteiger partial charge in [0.2, 0.25) is 0 Å². The number of carbonyl (C=O) groups excluding carboxylic acids is 3. The van der Waals surface area contributed by atoms with E-state index in [4.69, 9.17) is 11.6 Å². The molecular weight excluding hydrogens is 378 g/mol. The highest BCUT2D eigenvalue weighted by atomic mass is 79.9. The number of halogens is 2. The van der Waals surface area contributed by atoms with E-state index in [9.17, 15) is 14.4 Å². The number of hydrogen-bond acceptors (Lipinski definition) is 4. The molecule has 0 atom stereocenters. The van der Waals surface area contributed by atoms with E-state index >= 15 is 0 Å². The van der Waals surface area contributed by atoms with Gasteiger partial charge in [-0.25, -0.2) is 0 Å². The Bertz CT molecular complexity index is 786. The zero-order chi connectivity index (χ0) is 15.1. The van der Waals surface area contributed by atoms with Gasteiger partial charge < -0.3 is 0 Å². The molecule has 0 N–H and O–H groups in total. The molecule has 1 aliphatic rings. The van der Waals surface area contributed by atoms with Crippen LogP contribution in [0.1, 0.15) is 20.0 Å². The van der Waals surface area contributed by atoms with Crippen molar-refractivity contribution in [2.45, 2.75) is 0 Å². The van der Waals surface area contributed by atoms with E-state index in [2.05, 4.69) is 15.9 Å². The molecule has 0 saturated heterocycles. The van der Waals surface area contributed by atoms with Crippen LogP contribution in [-0.4, -0.2) is 24.0 Å². The summed E-state index contributed by atoms with van der Waals surface area (Å²) >= 11 is 10.4. The molecule has 21 heavy (non-hydrogen) atoms. The summed E-state index contributed by atoms with van der Waals surface area (Å²) in [6, 6.07) is 8.07. The van der Waals surface area contributed by atoms with Crippen LogP contribution in [0.3, 0.4) is 0 Å². The molecule has 7 heteroatoms. The van der Waals surface area contributed by atoms with Crippen molar-refractivity contribution >= 4 is 62.0 Å². The second kappa shape index (κ2) is 5.36. The monoisotopic (exact) mass is 383 g/mol. The van der Waals surface area contributed by atoms with Crippen LogP contribution in [0.15, 0.2) is 34.1 Å². The molecular formula is C14H7BrClNO3S. The molecule has 0 unspecified atom stereocenters. The standard InChI is InChI=1S/C14H7BrClNO3S/c15-12-4-3-11(21-12)10(18)6-17-9-2-1-7(16)5-8(9)13(19)14(17)20/h1-5H,6H2. The average molecular weight is 385 g/mol. The molecule has 2 heterocycles. The van der Waals surface area contributed by atoms with Crippen molar-refractivity contribution in [2.75, 3.05) is 11.4 Å². The molecule has 0 spiro atoms. The molecule has 1 aromatic carbocycles. The van der Waals surface area contributed by atoms with Gasteiger partial charge in [-0.15, -0.1) is 11.3 Å². The Morgan fingerprint density at radius 2 is 2.00 bits per heavy atom. The number of rotatable bonds is 3. The molecule has 106 valence electrons. The number of nitrogens with zero attached hydrogens (tertiary/aromatic N) is 1. The summed E-state index contributed by atoms with van der Waals surface area (Å²) < 4.78 is 0.835. The van der Waals surface area contributed by atoms with E-state index in [0.29, 0.717) is 15.6 Å². The van der Waals surface area contributed by atoms with Crippen molar-refractivity contribution in [1.82, 2.24) is 0 Å². The second-order valence-corrected chi connectivity index (χ2v) is 7.31. The van der Waals surface area contributed by atoms with Crippen LogP contribution in [0.2, 0.25) is 5.02 Å². The van der Waals surface area contributed by atoms with Gasteiger partial charge in [0.25, 0.3) is 11.7 Å². The van der Waals surface area contributed by atoms with Crippen LogP contribution < -0.4 is 4.90 Å². The topological polar surface area (TPSA) is 54.5 Å². The van der Waals surface area contributed by atoms with Gasteiger partial charge in [0, 0.05) is 5.02 Å². The van der Waals surface area contributed by atoms with E-state index in [-0.39, 0.29) is 17.9 Å². The number of Topliss-reactive ketones (excluding diaryl/α,β-unsaturated/α-hetero) is 2. The van der Waals surface area contributed by atoms with Crippen molar-refractivity contribution < 1.29 is 14.4 Å². The van der Waals surface area contributed by atoms with Gasteiger partial charge in [-0.05, 0) is 46.3 Å². The number of fused-ring (bicyclic) bond motifs is 1. The third-order valence-electron chi connectivity index (χ3n) is 3.08. The molecule has 0 aliphatic carbocycles. The number of hydrogen-bond donors (Lipinski definition) is 0. The average Bonchev–Trinajstić information content (AvgIpc) is 2.97. The summed E-state index contributed by atoms with van der Waals surface area (Å²) in [7, 11) is 0. The number of thiophene rings is 1. The number of ketones is 2. The third-order valence-corrected chi connectivity index (χ3v) is 4.98. The Morgan fingerprint density at radius 3 is 2.67 bits per heavy atom. The fourth-order valence-electron chi connectivity index (χ4n) is 2.12. The van der Waals surface area contributed by atoms with Crippen molar-refractivity contribution in [2.24, 2.45) is 0 Å². The summed E-state index contributed by atoms with van der Waals surface area (Å²) in [6.07, 6.45) is 0. The molecule has 0 saturated carbocycles. The van der Waals surface area contributed by atoms with Crippen LogP contribution in [-0.2, 0) is 4.79 Å². The number of anilines is 1. The minimum absolute atomic E-state index is 0.161. The van der Waals surface area contributed by atoms with Crippen LogP contribution >= 0.6 is 38.9 Å². The zero-order valence-corrected chi connectivity index (χ0v) is 13.6. The molecule has 1 amide bonds. The molecule has 0 radical (unpaired) electrons. The Kier molecular flexibility index (Phi) is 3.69. The first kappa shape index (κ1) is 14.4. The molecule has 2 aromatic rings. The second-order valence-electron chi connectivity index (χ2n) is 4.41. The van der Waals surface area contributed by atoms with Gasteiger partial charge in [-0.1, -0.05) is 11.6 Å². The minimum Gasteiger partial charge on any atom is -0.297 e. The lowest BCUT2D eigenvalue weighted by molar-refractivity contribution is -0.114. The minimum atomic E-state index is -0.698. The van der Waals surface area contributed by atoms with E-state index < -0.39 is 11.7 Å². The maximum Gasteiger partial charge on any atom is 0.299 e. The summed E-state index contributed by atoms with van der Waals surface area (Å²) in [5.74, 6) is -1.54. The maximum absolute atomic E-state index is 12.2. The van der Waals surface area contributed by atoms with Crippen LogP contribution in [0, 0.1) is 0 Å². The normalized spacial score (nSPS) is 13.7. The Hall–Kier alpha value is -1.50. The quantitative estimate of drug-likeness (QED) is 0.600. The highest BCUT2D eigenvalue weighted by Crippen LogP contribution is 2.32. The molecule has 4 nitrogen and oxygen atoms in total. The van der Waals surface area contributed by atoms with Gasteiger partial charge in [0.05, 0.1) is 26.5 Å². The fourth-order valence-corrected chi connectivity index (χ4v) is 3.60.